The van der Waals surface area contributed by atoms with E-state index in [0.717, 1.165) is 199 Å². The molecule has 5 heterocycles. The molecule has 1 aromatic rings. The number of aromatic nitrogens is 2. The lowest BCUT2D eigenvalue weighted by atomic mass is 9.82. The van der Waals surface area contributed by atoms with Gasteiger partial charge in [0.2, 0.25) is 18.2 Å². The van der Waals surface area contributed by atoms with E-state index in [1.165, 1.54) is 50.7 Å². The summed E-state index contributed by atoms with van der Waals surface area (Å²) >= 11 is 0. The van der Waals surface area contributed by atoms with Crippen LogP contribution in [-0.4, -0.2) is 153 Å². The van der Waals surface area contributed by atoms with Crippen LogP contribution in [0.1, 0.15) is 241 Å². The Morgan fingerprint density at radius 3 is 1.49 bits per heavy atom. The van der Waals surface area contributed by atoms with Crippen molar-refractivity contribution in [3.63, 3.8) is 0 Å². The molecule has 100 heavy (non-hydrogen) atoms. The first-order valence-corrected chi connectivity index (χ1v) is 35.6. The molecule has 2 unspecified atom stereocenters. The number of esters is 1. The average Bonchev–Trinajstić information content (AvgIpc) is 1.08. The molecule has 4 aliphatic rings. The van der Waals surface area contributed by atoms with Gasteiger partial charge in [-0.05, 0) is 171 Å². The molecule has 0 saturated carbocycles. The molecular formula is C75H124N10O15. The number of nitrogens with zero attached hydrogens (tertiary/aromatic N) is 9. The lowest BCUT2D eigenvalue weighted by Crippen LogP contribution is -2.46. The number of aliphatic imine (C=N–C) groups is 6. The first kappa shape index (κ1) is 95.9. The van der Waals surface area contributed by atoms with Crippen LogP contribution in [0.5, 0.6) is 0 Å². The van der Waals surface area contributed by atoms with Crippen molar-refractivity contribution in [3.8, 4) is 0 Å². The van der Waals surface area contributed by atoms with Crippen LogP contribution >= 0.6 is 0 Å². The maximum atomic E-state index is 12.4. The lowest BCUT2D eigenvalue weighted by Gasteiger charge is -2.25. The van der Waals surface area contributed by atoms with Gasteiger partial charge in [-0.25, -0.2) is 82.3 Å². The number of urea groups is 1. The average molecular weight is 1410 g/mol. The summed E-state index contributed by atoms with van der Waals surface area (Å²) < 4.78 is 31.8. The van der Waals surface area contributed by atoms with Crippen LogP contribution in [0.25, 0.3) is 0 Å². The highest BCUT2D eigenvalue weighted by Gasteiger charge is 2.23. The molecule has 25 heteroatoms. The quantitative estimate of drug-likeness (QED) is 0.0278. The predicted molar refractivity (Wildman–Crippen MR) is 397 cm³/mol. The highest BCUT2D eigenvalue weighted by Crippen LogP contribution is 2.27. The van der Waals surface area contributed by atoms with Gasteiger partial charge in [0, 0.05) is 65.0 Å². The third-order valence-corrected chi connectivity index (χ3v) is 15.2. The van der Waals surface area contributed by atoms with Crippen molar-refractivity contribution in [1.29, 1.82) is 0 Å². The molecule has 0 aromatic carbocycles. The topological polar surface area (TPSA) is 312 Å². The molecule has 0 spiro atoms. The summed E-state index contributed by atoms with van der Waals surface area (Å²) in [7, 11) is 0. The molecule has 3 amide bonds. The molecule has 1 N–H and O–H groups in total. The minimum Gasteiger partial charge on any atom is -0.499 e. The normalized spacial score (nSPS) is 14.1. The van der Waals surface area contributed by atoms with E-state index >= 15 is 0 Å². The van der Waals surface area contributed by atoms with Gasteiger partial charge in [-0.1, -0.05) is 113 Å². The van der Waals surface area contributed by atoms with Crippen LogP contribution in [0, 0.1) is 11.3 Å². The predicted octanol–water partition coefficient (Wildman–Crippen LogP) is 14.6. The standard InChI is InChI=1S/C21H36N4O4.C18H26N4O5.C12H20N2O.C7H12O.C6H10O.C5H8O2.C5H8O.CH4/c1-3-5-18-29-21(28)25(17-13-9-8-11-15-23-19-26)20(27)24-16-12-7-6-10-14-22-4-2;1-2-19-11-7-3-5-9-13-21-16(24)22(18(26)27-17(21)25)14-10-6-4-8-12-20-15-23;1-5-13-9-12(3,4)8-11(2)6-7-14-10-15;1-7-5-3-2-4-6-8-7;1-6-4-2-3-5-7-6;1-4-2-3-5(6)7-4;1-5-3-2-4-6-5;/h2-3,5-18H2,1H3,(H,24,27);1,3-14H2;11H,1,6-9H2,2-4H3;1-6H2;1-5H2;4H,2-3H2,1H3;1-4H2;1H4. The number of amides is 3. The fourth-order valence-electron chi connectivity index (χ4n) is 9.71. The zero-order valence-corrected chi connectivity index (χ0v) is 60.9. The van der Waals surface area contributed by atoms with Gasteiger partial charge >= 0.3 is 35.3 Å². The first-order chi connectivity index (χ1) is 47.8. The molecule has 4 fully saturated rings. The highest BCUT2D eigenvalue weighted by molar-refractivity contribution is 5.90. The van der Waals surface area contributed by atoms with Crippen molar-refractivity contribution in [2.24, 2.45) is 41.3 Å². The van der Waals surface area contributed by atoms with E-state index in [1.54, 1.807) is 6.08 Å². The van der Waals surface area contributed by atoms with Gasteiger partial charge in [0.25, 0.3) is 0 Å². The summed E-state index contributed by atoms with van der Waals surface area (Å²) in [6.07, 6.45) is 33.2. The number of carbonyl (C=O) groups is 3. The Hall–Kier alpha value is -8.27. The number of cyclic esters (lactones) is 1. The molecular weight excluding hydrogens is 1280 g/mol. The van der Waals surface area contributed by atoms with Crippen LogP contribution in [0.4, 0.5) is 9.59 Å². The summed E-state index contributed by atoms with van der Waals surface area (Å²) in [5, 5.41) is 2.81. The van der Waals surface area contributed by atoms with E-state index in [2.05, 4.69) is 118 Å². The molecule has 25 nitrogen and oxygen atoms in total. The van der Waals surface area contributed by atoms with E-state index in [4.69, 9.17) is 23.7 Å². The van der Waals surface area contributed by atoms with E-state index in [9.17, 15) is 43.2 Å². The minimum atomic E-state index is -0.922. The number of imide groups is 1. The van der Waals surface area contributed by atoms with Crippen molar-refractivity contribution < 1.29 is 56.9 Å². The fraction of sp³-hybridized carbons (Fsp3) is 0.720. The number of hydrogen-bond donors (Lipinski definition) is 1. The smallest absolute Gasteiger partial charge is 0.427 e. The number of unbranched alkanes of at least 4 members (excludes halogenated alkanes) is 13. The second-order valence-electron chi connectivity index (χ2n) is 24.8. The van der Waals surface area contributed by atoms with Gasteiger partial charge in [-0.15, -0.1) is 0 Å². The number of rotatable bonds is 38. The monoisotopic (exact) mass is 1400 g/mol. The Kier molecular flexibility index (Phi) is 65.1. The zero-order chi connectivity index (χ0) is 73.8. The Balaban J connectivity index is -0.00000119. The van der Waals surface area contributed by atoms with Gasteiger partial charge in [0.15, 0.2) is 0 Å². The Morgan fingerprint density at radius 1 is 0.600 bits per heavy atom. The minimum absolute atomic E-state index is 0. The lowest BCUT2D eigenvalue weighted by molar-refractivity contribution is -0.140. The van der Waals surface area contributed by atoms with Crippen molar-refractivity contribution in [1.82, 2.24) is 19.4 Å². The molecule has 0 radical (unpaired) electrons. The molecule has 5 rings (SSSR count). The van der Waals surface area contributed by atoms with Crippen molar-refractivity contribution in [2.75, 3.05) is 78.8 Å². The largest absolute Gasteiger partial charge is 0.499 e. The van der Waals surface area contributed by atoms with Crippen LogP contribution in [0.3, 0.4) is 0 Å². The number of allylic oxidation sites excluding steroid dienone is 3. The number of carbonyl (C=O) groups excluding carboxylic acids is 6. The second kappa shape index (κ2) is 67.9. The summed E-state index contributed by atoms with van der Waals surface area (Å²) in [6.45, 7) is 39.6. The number of isocyanates is 3. The maximum Gasteiger partial charge on any atom is 0.427 e. The fourth-order valence-corrected chi connectivity index (χ4v) is 9.71. The van der Waals surface area contributed by atoms with Gasteiger partial charge in [-0.3, -0.25) is 4.79 Å². The van der Waals surface area contributed by atoms with E-state index < -0.39 is 29.3 Å². The van der Waals surface area contributed by atoms with Crippen molar-refractivity contribution >= 4 is 53.9 Å². The van der Waals surface area contributed by atoms with Crippen LogP contribution in [-0.2, 0) is 56.0 Å². The van der Waals surface area contributed by atoms with Gasteiger partial charge in [0.05, 0.1) is 76.0 Å². The Labute approximate surface area is 596 Å². The Morgan fingerprint density at radius 2 is 1.05 bits per heavy atom. The Bertz CT molecular complexity index is 2800. The van der Waals surface area contributed by atoms with Crippen molar-refractivity contribution in [2.45, 2.75) is 260 Å². The maximum absolute atomic E-state index is 12.4. The zero-order valence-electron chi connectivity index (χ0n) is 60.9. The van der Waals surface area contributed by atoms with Crippen LogP contribution in [0.15, 0.2) is 106 Å². The second-order valence-corrected chi connectivity index (χ2v) is 24.8. The SMILES string of the molecule is C.C=C1CCCCCO1.C=C1CCCCO1.C=C1CCCO1.C=C=NCC(C)(C)CC(C)CCN=C=O.C=C=NCCCCCCNC(=O)N(CCCCCCN=C=O)C(=O)OCCCC.C=C=NCCCCCCn1c(=O)oc(=O)n(CCCCCCN=C=O)c1=O.CC1CCC(=O)O1. The van der Waals surface area contributed by atoms with Gasteiger partial charge in [0.1, 0.15) is 0 Å². The van der Waals surface area contributed by atoms with Crippen LogP contribution < -0.4 is 22.5 Å². The van der Waals surface area contributed by atoms with Gasteiger partial charge < -0.3 is 33.4 Å². The number of nitrogens with one attached hydrogen (secondary N) is 1. The van der Waals surface area contributed by atoms with Crippen molar-refractivity contribution in [3.05, 3.63) is 88.3 Å². The first-order valence-electron chi connectivity index (χ1n) is 35.6. The third-order valence-electron chi connectivity index (χ3n) is 15.2. The molecule has 2 atom stereocenters. The molecule has 0 aliphatic carbocycles. The number of hydrogen-bond acceptors (Lipinski definition) is 21. The summed E-state index contributed by atoms with van der Waals surface area (Å²) in [4.78, 5) is 124. The molecule has 564 valence electrons. The molecule has 1 aromatic heterocycles. The molecule has 0 bridgehead atoms. The third kappa shape index (κ3) is 58.7. The molecule has 4 saturated heterocycles. The summed E-state index contributed by atoms with van der Waals surface area (Å²) in [5.41, 5.74) is -0.465. The highest BCUT2D eigenvalue weighted by atomic mass is 16.6. The van der Waals surface area contributed by atoms with Gasteiger partial charge in [-0.2, -0.15) is 0 Å². The summed E-state index contributed by atoms with van der Waals surface area (Å²) in [5.74, 6) is 9.08. The van der Waals surface area contributed by atoms with Crippen LogP contribution in [0.2, 0.25) is 0 Å². The van der Waals surface area contributed by atoms with E-state index in [0.29, 0.717) is 77.5 Å². The number of ether oxygens (including phenoxy) is 5. The summed E-state index contributed by atoms with van der Waals surface area (Å²) in [6, 6.07) is -0.409. The van der Waals surface area contributed by atoms with E-state index in [1.807, 2.05) is 13.8 Å². The van der Waals surface area contributed by atoms with E-state index in [-0.39, 0.29) is 38.0 Å². The molecule has 4 aliphatic heterocycles.